The van der Waals surface area contributed by atoms with E-state index in [4.69, 9.17) is 0 Å². The number of likely N-dealkylation sites (tertiary alicyclic amines) is 2. The maximum atomic E-state index is 13.8. The van der Waals surface area contributed by atoms with Crippen LogP contribution >= 0.6 is 0 Å². The molecule has 1 spiro atoms. The number of amides is 3. The smallest absolute Gasteiger partial charge is 0.253 e. The molecule has 2 atom stereocenters. The van der Waals surface area contributed by atoms with E-state index in [0.717, 1.165) is 83.1 Å². The summed E-state index contributed by atoms with van der Waals surface area (Å²) in [5.41, 5.74) is -0.0851. The highest BCUT2D eigenvalue weighted by Gasteiger charge is 2.55. The van der Waals surface area contributed by atoms with E-state index in [-0.39, 0.29) is 23.6 Å². The first kappa shape index (κ1) is 28.1. The molecule has 1 aromatic rings. The summed E-state index contributed by atoms with van der Waals surface area (Å²) in [7, 11) is 0. The van der Waals surface area contributed by atoms with E-state index in [2.05, 4.69) is 17.1 Å². The first-order chi connectivity index (χ1) is 18.9. The Morgan fingerprint density at radius 1 is 1.00 bits per heavy atom. The Morgan fingerprint density at radius 3 is 2.31 bits per heavy atom. The van der Waals surface area contributed by atoms with Gasteiger partial charge in [0.15, 0.2) is 0 Å². The summed E-state index contributed by atoms with van der Waals surface area (Å²) in [4.78, 5) is 46.7. The lowest BCUT2D eigenvalue weighted by atomic mass is 9.77. The number of piperidine rings is 2. The average Bonchev–Trinajstić information content (AvgIpc) is 2.99. The highest BCUT2D eigenvalue weighted by atomic mass is 16.3. The number of unbranched alkanes of at least 4 members (excludes halogenated alkanes) is 1. The van der Waals surface area contributed by atoms with Crippen LogP contribution in [-0.4, -0.2) is 94.0 Å². The molecule has 1 aromatic carbocycles. The lowest BCUT2D eigenvalue weighted by molar-refractivity contribution is -0.166. The molecule has 214 valence electrons. The summed E-state index contributed by atoms with van der Waals surface area (Å²) < 4.78 is 0. The fourth-order valence-electron chi connectivity index (χ4n) is 7.41. The highest BCUT2D eigenvalue weighted by Crippen LogP contribution is 2.37. The van der Waals surface area contributed by atoms with Gasteiger partial charge >= 0.3 is 0 Å². The lowest BCUT2D eigenvalue weighted by Gasteiger charge is -2.54. The van der Waals surface area contributed by atoms with Gasteiger partial charge in [0.05, 0.1) is 6.10 Å². The SMILES string of the molecule is CCCCN1C(=O)[C@@H]([C@H](O)C2CCCCC2)NC(=O)C12CCN(C1CCN(C(=O)c3ccccc3)CC1)CC2. The third-order valence-electron chi connectivity index (χ3n) is 9.88. The van der Waals surface area contributed by atoms with Crippen LogP contribution in [0, 0.1) is 5.92 Å². The van der Waals surface area contributed by atoms with E-state index in [9.17, 15) is 19.5 Å². The molecule has 0 aromatic heterocycles. The third kappa shape index (κ3) is 5.73. The second kappa shape index (κ2) is 12.4. The number of carbonyl (C=O) groups is 3. The molecule has 8 heteroatoms. The van der Waals surface area contributed by atoms with Crippen molar-refractivity contribution in [2.45, 2.75) is 101 Å². The normalized spacial score (nSPS) is 26.1. The molecule has 3 aliphatic heterocycles. The monoisotopic (exact) mass is 538 g/mol. The molecule has 0 unspecified atom stereocenters. The van der Waals surface area contributed by atoms with Gasteiger partial charge in [-0.15, -0.1) is 0 Å². The second-order valence-corrected chi connectivity index (χ2v) is 12.1. The average molecular weight is 539 g/mol. The molecule has 39 heavy (non-hydrogen) atoms. The number of carbonyl (C=O) groups excluding carboxylic acids is 3. The van der Waals surface area contributed by atoms with E-state index < -0.39 is 17.7 Å². The van der Waals surface area contributed by atoms with Crippen molar-refractivity contribution in [3.63, 3.8) is 0 Å². The van der Waals surface area contributed by atoms with Crippen molar-refractivity contribution in [1.82, 2.24) is 20.0 Å². The van der Waals surface area contributed by atoms with Crippen LogP contribution in [-0.2, 0) is 9.59 Å². The number of rotatable bonds is 7. The highest BCUT2D eigenvalue weighted by molar-refractivity contribution is 6.00. The summed E-state index contributed by atoms with van der Waals surface area (Å²) >= 11 is 0. The van der Waals surface area contributed by atoms with Crippen molar-refractivity contribution >= 4 is 17.7 Å². The van der Waals surface area contributed by atoms with Crippen molar-refractivity contribution in [3.8, 4) is 0 Å². The minimum absolute atomic E-state index is 0.0802. The fourth-order valence-corrected chi connectivity index (χ4v) is 7.41. The predicted molar refractivity (Wildman–Crippen MR) is 150 cm³/mol. The zero-order valence-electron chi connectivity index (χ0n) is 23.5. The van der Waals surface area contributed by atoms with Gasteiger partial charge in [0.25, 0.3) is 5.91 Å². The van der Waals surface area contributed by atoms with Crippen LogP contribution in [0.2, 0.25) is 0 Å². The van der Waals surface area contributed by atoms with Crippen molar-refractivity contribution < 1.29 is 19.5 Å². The number of aliphatic hydroxyl groups excluding tert-OH is 1. The van der Waals surface area contributed by atoms with Crippen LogP contribution in [0.4, 0.5) is 0 Å². The van der Waals surface area contributed by atoms with Crippen molar-refractivity contribution in [3.05, 3.63) is 35.9 Å². The topological polar surface area (TPSA) is 93.2 Å². The summed E-state index contributed by atoms with van der Waals surface area (Å²) in [6, 6.07) is 9.03. The van der Waals surface area contributed by atoms with E-state index in [1.165, 1.54) is 6.42 Å². The van der Waals surface area contributed by atoms with Gasteiger partial charge < -0.3 is 25.1 Å². The van der Waals surface area contributed by atoms with Gasteiger partial charge in [-0.2, -0.15) is 0 Å². The van der Waals surface area contributed by atoms with Gasteiger partial charge in [0.1, 0.15) is 11.6 Å². The molecular weight excluding hydrogens is 492 g/mol. The van der Waals surface area contributed by atoms with E-state index >= 15 is 0 Å². The molecule has 4 fully saturated rings. The quantitative estimate of drug-likeness (QED) is 0.556. The molecule has 0 radical (unpaired) electrons. The molecule has 5 rings (SSSR count). The second-order valence-electron chi connectivity index (χ2n) is 12.1. The molecule has 0 bridgehead atoms. The molecule has 4 aliphatic rings. The van der Waals surface area contributed by atoms with Crippen LogP contribution in [0.5, 0.6) is 0 Å². The van der Waals surface area contributed by atoms with E-state index in [1.54, 1.807) is 0 Å². The van der Waals surface area contributed by atoms with Gasteiger partial charge in [-0.1, -0.05) is 50.8 Å². The van der Waals surface area contributed by atoms with Gasteiger partial charge in [0.2, 0.25) is 11.8 Å². The molecule has 3 heterocycles. The number of aliphatic hydroxyl groups is 1. The maximum Gasteiger partial charge on any atom is 0.253 e. The van der Waals surface area contributed by atoms with Gasteiger partial charge in [-0.25, -0.2) is 0 Å². The summed E-state index contributed by atoms with van der Waals surface area (Å²) in [5.74, 6) is 0.000397. The molecule has 2 N–H and O–H groups in total. The predicted octanol–water partition coefficient (Wildman–Crippen LogP) is 3.19. The standard InChI is InChI=1S/C31H46N4O4/c1-2-3-18-35-29(38)26(27(36)23-10-6-4-7-11-23)32-30(39)31(35)16-21-33(22-17-31)25-14-19-34(20-15-25)28(37)24-12-8-5-9-13-24/h5,8-9,12-13,23,25-27,36H,2-4,6-7,10-11,14-22H2,1H3,(H,32,39)/t26-,27-/m1/s1. The lowest BCUT2D eigenvalue weighted by Crippen LogP contribution is -2.75. The van der Waals surface area contributed by atoms with Crippen LogP contribution in [0.15, 0.2) is 30.3 Å². The van der Waals surface area contributed by atoms with Crippen molar-refractivity contribution in [2.24, 2.45) is 5.92 Å². The number of hydrogen-bond donors (Lipinski definition) is 2. The number of hydrogen-bond acceptors (Lipinski definition) is 5. The summed E-state index contributed by atoms with van der Waals surface area (Å²) in [6.45, 7) is 5.67. The van der Waals surface area contributed by atoms with Crippen LogP contribution < -0.4 is 5.32 Å². The largest absolute Gasteiger partial charge is 0.390 e. The zero-order valence-corrected chi connectivity index (χ0v) is 23.5. The molecule has 3 saturated heterocycles. The number of nitrogens with one attached hydrogen (secondary N) is 1. The summed E-state index contributed by atoms with van der Waals surface area (Å²) in [6.07, 6.45) is 9.24. The first-order valence-electron chi connectivity index (χ1n) is 15.3. The van der Waals surface area contributed by atoms with E-state index in [0.29, 0.717) is 25.4 Å². The number of nitrogens with zero attached hydrogens (tertiary/aromatic N) is 3. The van der Waals surface area contributed by atoms with Gasteiger partial charge in [0, 0.05) is 44.3 Å². The van der Waals surface area contributed by atoms with E-state index in [1.807, 2.05) is 40.1 Å². The Labute approximate surface area is 233 Å². The van der Waals surface area contributed by atoms with Crippen LogP contribution in [0.25, 0.3) is 0 Å². The maximum absolute atomic E-state index is 13.8. The third-order valence-corrected chi connectivity index (χ3v) is 9.88. The molecular formula is C31H46N4O4. The fraction of sp³-hybridized carbons (Fsp3) is 0.710. The van der Waals surface area contributed by atoms with Crippen molar-refractivity contribution in [2.75, 3.05) is 32.7 Å². The Balaban J connectivity index is 1.21. The molecule has 1 saturated carbocycles. The molecule has 1 aliphatic carbocycles. The number of piperazine rings is 1. The first-order valence-corrected chi connectivity index (χ1v) is 15.3. The van der Waals surface area contributed by atoms with Gasteiger partial charge in [-0.3, -0.25) is 14.4 Å². The molecule has 3 amide bonds. The Hall–Kier alpha value is -2.45. The Morgan fingerprint density at radius 2 is 1.67 bits per heavy atom. The molecule has 8 nitrogen and oxygen atoms in total. The van der Waals surface area contributed by atoms with Gasteiger partial charge in [-0.05, 0) is 63.0 Å². The Bertz CT molecular complexity index is 995. The Kier molecular flexibility index (Phi) is 8.92. The minimum Gasteiger partial charge on any atom is -0.390 e. The van der Waals surface area contributed by atoms with Crippen LogP contribution in [0.3, 0.4) is 0 Å². The van der Waals surface area contributed by atoms with Crippen molar-refractivity contribution in [1.29, 1.82) is 0 Å². The number of benzene rings is 1. The zero-order chi connectivity index (χ0) is 27.4. The van der Waals surface area contributed by atoms with Crippen LogP contribution in [0.1, 0.15) is 87.9 Å². The summed E-state index contributed by atoms with van der Waals surface area (Å²) in [5, 5.41) is 14.2. The minimum atomic E-state index is -0.826.